The quantitative estimate of drug-likeness (QED) is 0.342. The van der Waals surface area contributed by atoms with Crippen LogP contribution >= 0.6 is 0 Å². The largest absolute Gasteiger partial charge is 0.464 e. The Morgan fingerprint density at radius 1 is 0.857 bits per heavy atom. The second kappa shape index (κ2) is 10.6. The van der Waals surface area contributed by atoms with Crippen LogP contribution in [0, 0.1) is 29.4 Å². The predicted molar refractivity (Wildman–Crippen MR) is 109 cm³/mol. The van der Waals surface area contributed by atoms with Crippen LogP contribution in [0.5, 0.6) is 5.75 Å². The molecule has 2 fully saturated rings. The molecule has 0 spiro atoms. The third kappa shape index (κ3) is 5.25. The minimum atomic E-state index is -0.881. The molecular formula is C24H36F2O2. The first-order valence-electron chi connectivity index (χ1n) is 11.3. The highest BCUT2D eigenvalue weighted by Crippen LogP contribution is 2.45. The first-order chi connectivity index (χ1) is 13.6. The first kappa shape index (κ1) is 21.5. The fourth-order valence-electron chi connectivity index (χ4n) is 5.42. The third-order valence-electron chi connectivity index (χ3n) is 7.05. The van der Waals surface area contributed by atoms with E-state index in [0.29, 0.717) is 12.2 Å². The Hall–Kier alpha value is -1.16. The van der Waals surface area contributed by atoms with Crippen LogP contribution in [0.2, 0.25) is 0 Å². The molecule has 28 heavy (non-hydrogen) atoms. The normalized spacial score (nSPS) is 28.3. The summed E-state index contributed by atoms with van der Waals surface area (Å²) in [7, 11) is 0. The van der Waals surface area contributed by atoms with E-state index < -0.39 is 11.6 Å². The molecular weight excluding hydrogens is 358 g/mol. The number of hydrogen-bond acceptors (Lipinski definition) is 2. The van der Waals surface area contributed by atoms with Crippen LogP contribution in [0.1, 0.15) is 89.5 Å². The summed E-state index contributed by atoms with van der Waals surface area (Å²) in [4.78, 5) is 0. The molecule has 0 aromatic heterocycles. The Kier molecular flexibility index (Phi) is 8.13. The number of hydrogen-bond donors (Lipinski definition) is 0. The summed E-state index contributed by atoms with van der Waals surface area (Å²) in [5, 5.41) is 0. The average Bonchev–Trinajstić information content (AvgIpc) is 2.72. The summed E-state index contributed by atoms with van der Waals surface area (Å²) < 4.78 is 39.2. The Morgan fingerprint density at radius 3 is 2.11 bits per heavy atom. The van der Waals surface area contributed by atoms with Crippen LogP contribution in [0.3, 0.4) is 0 Å². The van der Waals surface area contributed by atoms with Gasteiger partial charge in [0.05, 0.1) is 0 Å². The summed E-state index contributed by atoms with van der Waals surface area (Å²) in [5.74, 6) is 1.02. The molecule has 0 bridgehead atoms. The van der Waals surface area contributed by atoms with Crippen molar-refractivity contribution in [1.82, 2.24) is 0 Å². The van der Waals surface area contributed by atoms with Gasteiger partial charge in [0.2, 0.25) is 5.82 Å². The second-order valence-corrected chi connectivity index (χ2v) is 8.72. The molecule has 0 radical (unpaired) electrons. The first-order valence-corrected chi connectivity index (χ1v) is 11.3. The van der Waals surface area contributed by atoms with Gasteiger partial charge in [0.1, 0.15) is 0 Å². The molecule has 1 aromatic carbocycles. The molecule has 1 aromatic rings. The number of halogens is 2. The summed E-state index contributed by atoms with van der Waals surface area (Å²) >= 11 is 0. The SMILES string of the molecule is CCCC1CCC(C2CCC(c3ccc(OCOCC)c(F)c3F)CC2)CC1. The van der Waals surface area contributed by atoms with Gasteiger partial charge < -0.3 is 9.47 Å². The van der Waals surface area contributed by atoms with Gasteiger partial charge in [0.15, 0.2) is 18.4 Å². The fraction of sp³-hybridized carbons (Fsp3) is 0.750. The van der Waals surface area contributed by atoms with Gasteiger partial charge in [-0.25, -0.2) is 4.39 Å². The van der Waals surface area contributed by atoms with Crippen molar-refractivity contribution in [1.29, 1.82) is 0 Å². The molecule has 0 amide bonds. The Balaban J connectivity index is 1.53. The molecule has 2 aliphatic rings. The topological polar surface area (TPSA) is 18.5 Å². The van der Waals surface area contributed by atoms with E-state index in [1.54, 1.807) is 12.1 Å². The maximum absolute atomic E-state index is 14.6. The van der Waals surface area contributed by atoms with Crippen LogP contribution in [0.15, 0.2) is 12.1 Å². The van der Waals surface area contributed by atoms with E-state index in [9.17, 15) is 8.78 Å². The molecule has 0 N–H and O–H groups in total. The van der Waals surface area contributed by atoms with E-state index in [0.717, 1.165) is 43.4 Å². The van der Waals surface area contributed by atoms with E-state index in [4.69, 9.17) is 9.47 Å². The number of benzene rings is 1. The molecule has 0 unspecified atom stereocenters. The van der Waals surface area contributed by atoms with Crippen molar-refractivity contribution in [2.45, 2.75) is 84.0 Å². The summed E-state index contributed by atoms with van der Waals surface area (Å²) in [5.41, 5.74) is 0.520. The maximum Gasteiger partial charge on any atom is 0.201 e. The van der Waals surface area contributed by atoms with Gasteiger partial charge in [-0.3, -0.25) is 0 Å². The van der Waals surface area contributed by atoms with Crippen LogP contribution in [-0.2, 0) is 4.74 Å². The zero-order valence-corrected chi connectivity index (χ0v) is 17.5. The predicted octanol–water partition coefficient (Wildman–Crippen LogP) is 7.22. The lowest BCUT2D eigenvalue weighted by Gasteiger charge is -2.38. The van der Waals surface area contributed by atoms with E-state index in [1.807, 2.05) is 6.92 Å². The Labute approximate surface area is 169 Å². The molecule has 0 atom stereocenters. The van der Waals surface area contributed by atoms with Crippen molar-refractivity contribution in [3.8, 4) is 5.75 Å². The van der Waals surface area contributed by atoms with Gasteiger partial charge in [-0.2, -0.15) is 4.39 Å². The van der Waals surface area contributed by atoms with Gasteiger partial charge in [-0.1, -0.05) is 38.7 Å². The molecule has 2 aliphatic carbocycles. The van der Waals surface area contributed by atoms with Crippen LogP contribution in [0.4, 0.5) is 8.78 Å². The highest BCUT2D eigenvalue weighted by molar-refractivity contribution is 5.33. The number of rotatable bonds is 8. The van der Waals surface area contributed by atoms with Gasteiger partial charge in [-0.05, 0) is 80.8 Å². The lowest BCUT2D eigenvalue weighted by Crippen LogP contribution is -2.25. The Bertz CT molecular complexity index is 603. The van der Waals surface area contributed by atoms with Crippen LogP contribution in [-0.4, -0.2) is 13.4 Å². The highest BCUT2D eigenvalue weighted by atomic mass is 19.2. The van der Waals surface area contributed by atoms with E-state index >= 15 is 0 Å². The highest BCUT2D eigenvalue weighted by Gasteiger charge is 2.32. The van der Waals surface area contributed by atoms with E-state index in [2.05, 4.69) is 6.92 Å². The minimum absolute atomic E-state index is 0.0577. The minimum Gasteiger partial charge on any atom is -0.464 e. The van der Waals surface area contributed by atoms with Crippen molar-refractivity contribution < 1.29 is 18.3 Å². The monoisotopic (exact) mass is 394 g/mol. The summed E-state index contributed by atoms with van der Waals surface area (Å²) in [6.45, 7) is 4.53. The maximum atomic E-state index is 14.6. The van der Waals surface area contributed by atoms with Gasteiger partial charge in [0.25, 0.3) is 0 Å². The third-order valence-corrected chi connectivity index (χ3v) is 7.05. The molecule has 3 rings (SSSR count). The second-order valence-electron chi connectivity index (χ2n) is 8.72. The van der Waals surface area contributed by atoms with E-state index in [1.165, 1.54) is 38.5 Å². The molecule has 0 aliphatic heterocycles. The summed E-state index contributed by atoms with van der Waals surface area (Å²) in [6.07, 6.45) is 12.4. The van der Waals surface area contributed by atoms with Crippen molar-refractivity contribution >= 4 is 0 Å². The van der Waals surface area contributed by atoms with Crippen molar-refractivity contribution in [3.63, 3.8) is 0 Å². The smallest absolute Gasteiger partial charge is 0.201 e. The zero-order chi connectivity index (χ0) is 19.9. The van der Waals surface area contributed by atoms with Gasteiger partial charge in [-0.15, -0.1) is 0 Å². The Morgan fingerprint density at radius 2 is 1.50 bits per heavy atom. The summed E-state index contributed by atoms with van der Waals surface area (Å²) in [6, 6.07) is 3.26. The molecule has 4 heteroatoms. The molecule has 0 heterocycles. The van der Waals surface area contributed by atoms with Gasteiger partial charge in [0, 0.05) is 6.61 Å². The molecule has 158 valence electrons. The lowest BCUT2D eigenvalue weighted by atomic mass is 9.68. The van der Waals surface area contributed by atoms with Crippen LogP contribution in [0.25, 0.3) is 0 Å². The van der Waals surface area contributed by atoms with E-state index in [-0.39, 0.29) is 18.5 Å². The standard InChI is InChI=1S/C24H36F2O2/c1-3-5-17-6-8-18(9-7-17)19-10-12-20(13-11-19)21-14-15-22(24(26)23(21)25)28-16-27-4-2/h14-15,17-20H,3-13,16H2,1-2H3. The number of ether oxygens (including phenoxy) is 2. The molecule has 0 saturated heterocycles. The lowest BCUT2D eigenvalue weighted by molar-refractivity contribution is 0.0197. The zero-order valence-electron chi connectivity index (χ0n) is 17.5. The van der Waals surface area contributed by atoms with Crippen LogP contribution < -0.4 is 4.74 Å². The van der Waals surface area contributed by atoms with Gasteiger partial charge >= 0.3 is 0 Å². The average molecular weight is 395 g/mol. The molecule has 2 saturated carbocycles. The van der Waals surface area contributed by atoms with Crippen molar-refractivity contribution in [2.75, 3.05) is 13.4 Å². The molecule has 2 nitrogen and oxygen atoms in total. The van der Waals surface area contributed by atoms with Crippen molar-refractivity contribution in [2.24, 2.45) is 17.8 Å². The fourth-order valence-corrected chi connectivity index (χ4v) is 5.42. The van der Waals surface area contributed by atoms with Crippen molar-refractivity contribution in [3.05, 3.63) is 29.3 Å².